The van der Waals surface area contributed by atoms with Crippen LogP contribution >= 0.6 is 0 Å². The van der Waals surface area contributed by atoms with Crippen molar-refractivity contribution in [1.82, 2.24) is 9.83 Å². The first-order chi connectivity index (χ1) is 8.11. The zero-order valence-corrected chi connectivity index (χ0v) is 10.8. The number of ether oxygens (including phenoxy) is 1. The number of nitrogens with zero attached hydrogens (tertiary/aromatic N) is 3. The van der Waals surface area contributed by atoms with Gasteiger partial charge >= 0.3 is 11.8 Å². The molecule has 8 heteroatoms. The Balaban J connectivity index is 0.00000162. The van der Waals surface area contributed by atoms with E-state index < -0.39 is 5.97 Å². The molecule has 1 aliphatic rings. The van der Waals surface area contributed by atoms with Gasteiger partial charge in [-0.1, -0.05) is 0 Å². The van der Waals surface area contributed by atoms with Crippen molar-refractivity contribution in [3.8, 4) is 0 Å². The monoisotopic (exact) mass is 275 g/mol. The summed E-state index contributed by atoms with van der Waals surface area (Å²) >= 11 is 0. The number of aliphatic hydroxyl groups is 1. The number of aromatic nitrogens is 3. The molecule has 0 saturated heterocycles. The fraction of sp³-hybridized carbons (Fsp3) is 0.500. The van der Waals surface area contributed by atoms with Crippen LogP contribution in [0.1, 0.15) is 19.7 Å². The first-order valence-electron chi connectivity index (χ1n) is 5.33. The quantitative estimate of drug-likeness (QED) is 0.457. The van der Waals surface area contributed by atoms with Gasteiger partial charge in [-0.3, -0.25) is 0 Å². The van der Waals surface area contributed by atoms with E-state index in [1.807, 2.05) is 0 Å². The largest absolute Gasteiger partial charge is 1.00 e. The number of hydrogen-bond donors (Lipinski definition) is 1. The smallest absolute Gasteiger partial charge is 0.385 e. The van der Waals surface area contributed by atoms with Gasteiger partial charge in [-0.15, -0.1) is 4.68 Å². The molecule has 0 bridgehead atoms. The molecule has 0 saturated carbocycles. The predicted octanol–water partition coefficient (Wildman–Crippen LogP) is -3.53. The van der Waals surface area contributed by atoms with Crippen molar-refractivity contribution < 1.29 is 36.6 Å². The first-order valence-corrected chi connectivity index (χ1v) is 5.33. The Morgan fingerprint density at radius 1 is 1.72 bits per heavy atom. The van der Waals surface area contributed by atoms with Crippen LogP contribution in [0.3, 0.4) is 0 Å². The van der Waals surface area contributed by atoms with Gasteiger partial charge in [-0.25, -0.2) is 4.79 Å². The molecule has 1 atom stereocenters. The van der Waals surface area contributed by atoms with E-state index in [1.165, 1.54) is 15.7 Å². The Morgan fingerprint density at radius 2 is 2.44 bits per heavy atom. The van der Waals surface area contributed by atoms with E-state index in [9.17, 15) is 9.90 Å². The highest BCUT2D eigenvalue weighted by molar-refractivity contribution is 5.67. The summed E-state index contributed by atoms with van der Waals surface area (Å²) in [6.45, 7) is 3.76. The minimum absolute atomic E-state index is 0. The van der Waals surface area contributed by atoms with Gasteiger partial charge < -0.3 is 27.1 Å². The van der Waals surface area contributed by atoms with Gasteiger partial charge in [0, 0.05) is 6.08 Å². The average Bonchev–Trinajstić information content (AvgIpc) is 2.61. The number of rotatable bonds is 3. The molecule has 0 aromatic carbocycles. The van der Waals surface area contributed by atoms with E-state index >= 15 is 0 Å². The van der Waals surface area contributed by atoms with Crippen LogP contribution in [-0.2, 0) is 16.1 Å². The zero-order chi connectivity index (χ0) is 12.4. The van der Waals surface area contributed by atoms with Crippen molar-refractivity contribution in [3.05, 3.63) is 18.2 Å². The lowest BCUT2D eigenvalue weighted by Crippen LogP contribution is -3.00. The van der Waals surface area contributed by atoms with Crippen molar-refractivity contribution in [2.24, 2.45) is 0 Å². The molecule has 0 amide bonds. The lowest BCUT2D eigenvalue weighted by Gasteiger charge is -2.11. The zero-order valence-electron chi connectivity index (χ0n) is 10.0. The molecule has 1 aliphatic heterocycles. The molecule has 1 N–H and O–H groups in total. The number of halogens is 1. The molecule has 7 nitrogen and oxygen atoms in total. The third-order valence-electron chi connectivity index (χ3n) is 2.23. The molecule has 18 heavy (non-hydrogen) atoms. The van der Waals surface area contributed by atoms with Crippen LogP contribution in [0.4, 0.5) is 0 Å². The van der Waals surface area contributed by atoms with Crippen LogP contribution in [0, 0.1) is 0 Å². The number of esters is 1. The minimum Gasteiger partial charge on any atom is -1.00 e. The average molecular weight is 276 g/mol. The molecule has 0 fully saturated rings. The molecule has 1 aromatic heterocycles. The summed E-state index contributed by atoms with van der Waals surface area (Å²) < 4.78 is 7.47. The molecule has 2 rings (SSSR count). The van der Waals surface area contributed by atoms with Crippen molar-refractivity contribution in [3.63, 3.8) is 0 Å². The Labute approximate surface area is 110 Å². The van der Waals surface area contributed by atoms with Crippen LogP contribution in [0.15, 0.2) is 12.4 Å². The fourth-order valence-corrected chi connectivity index (χ4v) is 1.61. The summed E-state index contributed by atoms with van der Waals surface area (Å²) in [4.78, 5) is 16.7. The maximum atomic E-state index is 11.3. The Morgan fingerprint density at radius 3 is 3.11 bits per heavy atom. The molecule has 2 heterocycles. The molecular formula is C10H14ClN3O4. The van der Waals surface area contributed by atoms with Gasteiger partial charge in [0.25, 0.3) is 6.33 Å². The lowest BCUT2D eigenvalue weighted by atomic mass is 10.3. The molecule has 0 radical (unpaired) electrons. The number of carbonyl (C=O) groups excluding carboxylic acids is 1. The lowest BCUT2D eigenvalue weighted by molar-refractivity contribution is -0.745. The Bertz CT molecular complexity index is 472. The van der Waals surface area contributed by atoms with E-state index in [2.05, 4.69) is 5.10 Å². The van der Waals surface area contributed by atoms with Crippen LogP contribution in [-0.4, -0.2) is 33.6 Å². The summed E-state index contributed by atoms with van der Waals surface area (Å²) in [5, 5.41) is 13.7. The van der Waals surface area contributed by atoms with Gasteiger partial charge in [0.1, 0.15) is 0 Å². The Kier molecular flexibility index (Phi) is 4.55. The second kappa shape index (κ2) is 5.72. The van der Waals surface area contributed by atoms with Crippen molar-refractivity contribution in [2.75, 3.05) is 6.61 Å². The maximum absolute atomic E-state index is 11.3. The molecule has 1 unspecified atom stereocenters. The molecule has 1 aromatic rings. The molecule has 0 aliphatic carbocycles. The van der Waals surface area contributed by atoms with Gasteiger partial charge in [0.2, 0.25) is 12.3 Å². The van der Waals surface area contributed by atoms with Crippen molar-refractivity contribution in [2.45, 2.75) is 26.5 Å². The number of hydrogen-bond acceptors (Lipinski definition) is 5. The van der Waals surface area contributed by atoms with E-state index in [4.69, 9.17) is 9.57 Å². The summed E-state index contributed by atoms with van der Waals surface area (Å²) in [6.07, 6.45) is 2.69. The van der Waals surface area contributed by atoms with Gasteiger partial charge in [-0.2, -0.15) is 0 Å². The summed E-state index contributed by atoms with van der Waals surface area (Å²) in [6, 6.07) is 0. The van der Waals surface area contributed by atoms with Crippen LogP contribution in [0.2, 0.25) is 0 Å². The van der Waals surface area contributed by atoms with E-state index in [-0.39, 0.29) is 30.8 Å². The van der Waals surface area contributed by atoms with Crippen LogP contribution < -0.4 is 21.9 Å². The SMILES string of the molecule is CCOC(=O)C[n+]1ncn2c1C(O)=CC(C)O2.[Cl-]. The van der Waals surface area contributed by atoms with Gasteiger partial charge in [-0.05, 0) is 23.7 Å². The van der Waals surface area contributed by atoms with Gasteiger partial charge in [0.05, 0.1) is 6.61 Å². The third-order valence-corrected chi connectivity index (χ3v) is 2.23. The normalized spacial score (nSPS) is 17.0. The van der Waals surface area contributed by atoms with Crippen molar-refractivity contribution in [1.29, 1.82) is 0 Å². The summed E-state index contributed by atoms with van der Waals surface area (Å²) in [7, 11) is 0. The van der Waals surface area contributed by atoms with E-state index in [0.29, 0.717) is 12.4 Å². The highest BCUT2D eigenvalue weighted by Gasteiger charge is 2.31. The standard InChI is InChI=1S/C10H13N3O4.ClH/c1-3-16-9(15)5-12-10-8(14)4-7(2)17-13(10)6-11-12;/h4,6-7H,3,5H2,1-2H3;1H. The topological polar surface area (TPSA) is 77.5 Å². The van der Waals surface area contributed by atoms with E-state index in [1.54, 1.807) is 19.9 Å². The van der Waals surface area contributed by atoms with Crippen LogP contribution in [0.5, 0.6) is 0 Å². The molecular weight excluding hydrogens is 262 g/mol. The summed E-state index contributed by atoms with van der Waals surface area (Å²) in [5.41, 5.74) is 0. The van der Waals surface area contributed by atoms with Crippen LogP contribution in [0.25, 0.3) is 5.76 Å². The highest BCUT2D eigenvalue weighted by Crippen LogP contribution is 2.12. The molecule has 0 spiro atoms. The second-order valence-electron chi connectivity index (χ2n) is 3.61. The minimum atomic E-state index is -0.412. The number of carbonyl (C=O) groups is 1. The maximum Gasteiger partial charge on any atom is 0.385 e. The Hall–Kier alpha value is -1.76. The summed E-state index contributed by atoms with van der Waals surface area (Å²) in [5.74, 6) is -0.0490. The van der Waals surface area contributed by atoms with E-state index in [0.717, 1.165) is 0 Å². The molecule has 100 valence electrons. The number of aliphatic hydroxyl groups excluding tert-OH is 1. The third kappa shape index (κ3) is 2.73. The number of fused-ring (bicyclic) bond motifs is 1. The predicted molar refractivity (Wildman–Crippen MR) is 55.7 cm³/mol. The fourth-order valence-electron chi connectivity index (χ4n) is 1.61. The van der Waals surface area contributed by atoms with Crippen molar-refractivity contribution >= 4 is 11.7 Å². The van der Waals surface area contributed by atoms with Gasteiger partial charge in [0.15, 0.2) is 6.10 Å². The first kappa shape index (κ1) is 14.3. The second-order valence-corrected chi connectivity index (χ2v) is 3.61. The highest BCUT2D eigenvalue weighted by atomic mass is 35.5.